The van der Waals surface area contributed by atoms with E-state index in [1.54, 1.807) is 12.4 Å². The van der Waals surface area contributed by atoms with Gasteiger partial charge in [0.2, 0.25) is 5.95 Å². The first-order valence-electron chi connectivity index (χ1n) is 7.91. The Morgan fingerprint density at radius 1 is 1.18 bits per heavy atom. The second kappa shape index (κ2) is 5.68. The Kier molecular flexibility index (Phi) is 3.54. The molecule has 116 valence electrons. The fourth-order valence-electron chi connectivity index (χ4n) is 3.13. The molecule has 0 spiro atoms. The van der Waals surface area contributed by atoms with E-state index in [0.717, 1.165) is 43.9 Å². The molecule has 0 aromatic carbocycles. The highest BCUT2D eigenvalue weighted by Gasteiger charge is 2.31. The number of rotatable bonds is 5. The minimum atomic E-state index is 0.318. The Bertz CT molecular complexity index is 637. The Morgan fingerprint density at radius 3 is 2.77 bits per heavy atom. The van der Waals surface area contributed by atoms with Crippen molar-refractivity contribution in [2.45, 2.75) is 25.3 Å². The zero-order valence-electron chi connectivity index (χ0n) is 12.9. The summed E-state index contributed by atoms with van der Waals surface area (Å²) >= 11 is 0. The first-order valence-corrected chi connectivity index (χ1v) is 7.91. The molecule has 6 nitrogen and oxygen atoms in total. The lowest BCUT2D eigenvalue weighted by Gasteiger charge is -2.32. The fourth-order valence-corrected chi connectivity index (χ4v) is 3.13. The smallest absolute Gasteiger partial charge is 0.225 e. The molecule has 0 saturated heterocycles. The molecule has 1 aliphatic heterocycles. The highest BCUT2D eigenvalue weighted by Crippen LogP contribution is 2.32. The number of hydrogen-bond donors (Lipinski definition) is 0. The largest absolute Gasteiger partial charge is 0.380 e. The van der Waals surface area contributed by atoms with Crippen molar-refractivity contribution in [2.24, 2.45) is 13.0 Å². The van der Waals surface area contributed by atoms with Crippen LogP contribution < -0.4 is 4.90 Å². The van der Waals surface area contributed by atoms with Gasteiger partial charge < -0.3 is 14.2 Å². The molecule has 22 heavy (non-hydrogen) atoms. The molecule has 0 bridgehead atoms. The molecule has 0 N–H and O–H groups in total. The molecule has 2 aliphatic rings. The van der Waals surface area contributed by atoms with Crippen molar-refractivity contribution in [1.29, 1.82) is 0 Å². The summed E-state index contributed by atoms with van der Waals surface area (Å²) in [5.74, 6) is 1.88. The third-order valence-electron chi connectivity index (χ3n) is 4.44. The molecule has 6 heteroatoms. The lowest BCUT2D eigenvalue weighted by molar-refractivity contribution is 0.108. The van der Waals surface area contributed by atoms with Crippen molar-refractivity contribution in [3.63, 3.8) is 0 Å². The van der Waals surface area contributed by atoms with Crippen LogP contribution in [0.1, 0.15) is 30.1 Å². The van der Waals surface area contributed by atoms with Crippen molar-refractivity contribution in [3.8, 4) is 0 Å². The van der Waals surface area contributed by atoms with Gasteiger partial charge in [0.1, 0.15) is 0 Å². The van der Waals surface area contributed by atoms with Gasteiger partial charge in [0.15, 0.2) is 0 Å². The number of fused-ring (bicyclic) bond motifs is 1. The van der Waals surface area contributed by atoms with Crippen molar-refractivity contribution >= 4 is 5.95 Å². The molecule has 1 aliphatic carbocycles. The fraction of sp³-hybridized carbons (Fsp3) is 0.562. The highest BCUT2D eigenvalue weighted by molar-refractivity contribution is 5.37. The molecule has 1 saturated carbocycles. The third-order valence-corrected chi connectivity index (χ3v) is 4.44. The quantitative estimate of drug-likeness (QED) is 0.842. The summed E-state index contributed by atoms with van der Waals surface area (Å²) in [6.07, 6.45) is 8.12. The molecule has 1 atom stereocenters. The molecule has 2 aromatic heterocycles. The standard InChI is InChI=1S/C16H21N5O/c1-20-11-19-14-8-21(16-17-5-2-6-18-16)7-13(15(14)20)10-22-9-12-3-4-12/h2,5-6,11-13H,3-4,7-10H2,1H3/t13-/m1/s1. The van der Waals surface area contributed by atoms with Gasteiger partial charge in [0.25, 0.3) is 0 Å². The molecular formula is C16H21N5O. The Hall–Kier alpha value is -1.95. The van der Waals surface area contributed by atoms with E-state index in [2.05, 4.69) is 31.5 Å². The number of nitrogens with zero attached hydrogens (tertiary/aromatic N) is 5. The molecule has 2 aromatic rings. The van der Waals surface area contributed by atoms with E-state index in [-0.39, 0.29) is 0 Å². The minimum absolute atomic E-state index is 0.318. The molecule has 4 rings (SSSR count). The van der Waals surface area contributed by atoms with Crippen LogP contribution in [0.15, 0.2) is 24.8 Å². The van der Waals surface area contributed by atoms with Gasteiger partial charge in [-0.15, -0.1) is 0 Å². The number of imidazole rings is 1. The van der Waals surface area contributed by atoms with Crippen molar-refractivity contribution in [1.82, 2.24) is 19.5 Å². The van der Waals surface area contributed by atoms with E-state index < -0.39 is 0 Å². The zero-order chi connectivity index (χ0) is 14.9. The van der Waals surface area contributed by atoms with E-state index >= 15 is 0 Å². The summed E-state index contributed by atoms with van der Waals surface area (Å²) in [5.41, 5.74) is 2.41. The number of anilines is 1. The monoisotopic (exact) mass is 299 g/mol. The van der Waals surface area contributed by atoms with Crippen LogP contribution in [0.25, 0.3) is 0 Å². The average Bonchev–Trinajstić information content (AvgIpc) is 3.30. The lowest BCUT2D eigenvalue weighted by atomic mass is 9.99. The molecule has 1 fully saturated rings. The highest BCUT2D eigenvalue weighted by atomic mass is 16.5. The van der Waals surface area contributed by atoms with Crippen LogP contribution in [0.2, 0.25) is 0 Å². The van der Waals surface area contributed by atoms with E-state index in [1.165, 1.54) is 18.5 Å². The Labute approximate surface area is 130 Å². The Morgan fingerprint density at radius 2 is 2.00 bits per heavy atom. The van der Waals surface area contributed by atoms with E-state index in [4.69, 9.17) is 4.74 Å². The maximum absolute atomic E-state index is 5.95. The van der Waals surface area contributed by atoms with Crippen LogP contribution in [0.4, 0.5) is 5.95 Å². The van der Waals surface area contributed by atoms with Gasteiger partial charge in [-0.25, -0.2) is 15.0 Å². The molecule has 0 unspecified atom stereocenters. The first-order chi connectivity index (χ1) is 10.8. The summed E-state index contributed by atoms with van der Waals surface area (Å²) in [6.45, 7) is 3.28. The zero-order valence-corrected chi connectivity index (χ0v) is 12.9. The van der Waals surface area contributed by atoms with Crippen LogP contribution >= 0.6 is 0 Å². The molecule has 0 radical (unpaired) electrons. The van der Waals surface area contributed by atoms with Crippen LogP contribution in [-0.2, 0) is 18.3 Å². The third kappa shape index (κ3) is 2.70. The maximum Gasteiger partial charge on any atom is 0.225 e. The van der Waals surface area contributed by atoms with Crippen molar-refractivity contribution in [3.05, 3.63) is 36.2 Å². The van der Waals surface area contributed by atoms with Crippen LogP contribution in [0, 0.1) is 5.92 Å². The normalized spacial score (nSPS) is 21.0. The van der Waals surface area contributed by atoms with E-state index in [9.17, 15) is 0 Å². The van der Waals surface area contributed by atoms with Gasteiger partial charge in [0, 0.05) is 44.2 Å². The minimum Gasteiger partial charge on any atom is -0.380 e. The summed E-state index contributed by atoms with van der Waals surface area (Å²) in [6, 6.07) is 1.84. The molecule has 0 amide bonds. The second-order valence-corrected chi connectivity index (χ2v) is 6.29. The van der Waals surface area contributed by atoms with Crippen molar-refractivity contribution in [2.75, 3.05) is 24.7 Å². The maximum atomic E-state index is 5.95. The van der Waals surface area contributed by atoms with E-state index in [1.807, 2.05) is 12.4 Å². The number of aromatic nitrogens is 4. The van der Waals surface area contributed by atoms with Gasteiger partial charge in [-0.1, -0.05) is 0 Å². The first kappa shape index (κ1) is 13.7. The lowest BCUT2D eigenvalue weighted by Crippen LogP contribution is -2.37. The number of hydrogen-bond acceptors (Lipinski definition) is 5. The van der Waals surface area contributed by atoms with Gasteiger partial charge in [-0.05, 0) is 24.8 Å². The number of ether oxygens (including phenoxy) is 1. The molecule has 3 heterocycles. The second-order valence-electron chi connectivity index (χ2n) is 6.29. The van der Waals surface area contributed by atoms with Crippen LogP contribution in [0.3, 0.4) is 0 Å². The summed E-state index contributed by atoms with van der Waals surface area (Å²) in [5, 5.41) is 0. The van der Waals surface area contributed by atoms with Gasteiger partial charge in [-0.2, -0.15) is 0 Å². The van der Waals surface area contributed by atoms with Gasteiger partial charge in [0.05, 0.1) is 25.2 Å². The topological polar surface area (TPSA) is 56.1 Å². The average molecular weight is 299 g/mol. The Balaban J connectivity index is 1.53. The summed E-state index contributed by atoms with van der Waals surface area (Å²) < 4.78 is 8.08. The van der Waals surface area contributed by atoms with Gasteiger partial charge >= 0.3 is 0 Å². The van der Waals surface area contributed by atoms with Crippen LogP contribution in [-0.4, -0.2) is 39.3 Å². The predicted molar refractivity (Wildman–Crippen MR) is 82.6 cm³/mol. The molecular weight excluding hydrogens is 278 g/mol. The van der Waals surface area contributed by atoms with E-state index in [0.29, 0.717) is 5.92 Å². The van der Waals surface area contributed by atoms with Gasteiger partial charge in [-0.3, -0.25) is 0 Å². The van der Waals surface area contributed by atoms with Crippen molar-refractivity contribution < 1.29 is 4.74 Å². The summed E-state index contributed by atoms with van der Waals surface area (Å²) in [4.78, 5) is 15.5. The number of aryl methyl sites for hydroxylation is 1. The van der Waals surface area contributed by atoms with Crippen LogP contribution in [0.5, 0.6) is 0 Å². The summed E-state index contributed by atoms with van der Waals surface area (Å²) in [7, 11) is 2.06. The SMILES string of the molecule is Cn1cnc2c1[C@@H](COCC1CC1)CN(c1ncccn1)C2. The predicted octanol–water partition coefficient (Wildman–Crippen LogP) is 1.74.